The first-order valence-electron chi connectivity index (χ1n) is 10.9. The summed E-state index contributed by atoms with van der Waals surface area (Å²) in [6, 6.07) is 13.4. The van der Waals surface area contributed by atoms with E-state index in [0.29, 0.717) is 12.2 Å². The van der Waals surface area contributed by atoms with Gasteiger partial charge in [-0.1, -0.05) is 18.2 Å². The third-order valence-corrected chi connectivity index (χ3v) is 7.71. The molecule has 3 heterocycles. The lowest BCUT2D eigenvalue weighted by atomic mass is 10.0. The van der Waals surface area contributed by atoms with E-state index in [-0.39, 0.29) is 35.6 Å². The standard InChI is InChI=1S/C24H27N5O4S/c1-16-3-8-23(27-14-16)28-20-10-12-29(15-22(20)30)34(32,33)19-6-4-17(5-7-19)18-9-11-26-21(13-18)24(31)25-2/h3-9,11,13-14,20,22,30H,10,12,15H2,1-2H3,(H,25,31)(H,27,28)/t20-,22+/m1/s1. The van der Waals surface area contributed by atoms with Crippen LogP contribution in [0.2, 0.25) is 0 Å². The van der Waals surface area contributed by atoms with Crippen LogP contribution in [0.5, 0.6) is 0 Å². The predicted octanol–water partition coefficient (Wildman–Crippen LogP) is 2.05. The minimum absolute atomic E-state index is 0.00649. The monoisotopic (exact) mass is 481 g/mol. The van der Waals surface area contributed by atoms with Crippen LogP contribution in [0.15, 0.2) is 65.8 Å². The molecule has 1 aliphatic rings. The van der Waals surface area contributed by atoms with Gasteiger partial charge in [-0.25, -0.2) is 13.4 Å². The van der Waals surface area contributed by atoms with Gasteiger partial charge < -0.3 is 15.7 Å². The van der Waals surface area contributed by atoms with Crippen molar-refractivity contribution in [3.63, 3.8) is 0 Å². The number of anilines is 1. The molecule has 34 heavy (non-hydrogen) atoms. The number of amides is 1. The topological polar surface area (TPSA) is 125 Å². The fourth-order valence-electron chi connectivity index (χ4n) is 3.86. The minimum atomic E-state index is -3.77. The Hall–Kier alpha value is -3.34. The number of hydrogen-bond donors (Lipinski definition) is 3. The highest BCUT2D eigenvalue weighted by Crippen LogP contribution is 2.26. The first-order valence-corrected chi connectivity index (χ1v) is 12.4. The third-order valence-electron chi connectivity index (χ3n) is 5.83. The number of aliphatic hydroxyl groups is 1. The summed E-state index contributed by atoms with van der Waals surface area (Å²) in [5, 5.41) is 16.3. The molecule has 9 nitrogen and oxygen atoms in total. The molecule has 0 spiro atoms. The Morgan fingerprint density at radius 2 is 1.85 bits per heavy atom. The van der Waals surface area contributed by atoms with Crippen LogP contribution in [0.1, 0.15) is 22.5 Å². The molecule has 3 N–H and O–H groups in total. The van der Waals surface area contributed by atoms with Crippen LogP contribution < -0.4 is 10.6 Å². The molecule has 2 aromatic heterocycles. The van der Waals surface area contributed by atoms with Gasteiger partial charge >= 0.3 is 0 Å². The van der Waals surface area contributed by atoms with Gasteiger partial charge in [0.05, 0.1) is 17.0 Å². The highest BCUT2D eigenvalue weighted by molar-refractivity contribution is 7.89. The number of hydrogen-bond acceptors (Lipinski definition) is 7. The van der Waals surface area contributed by atoms with E-state index < -0.39 is 16.1 Å². The molecular formula is C24H27N5O4S. The number of rotatable bonds is 6. The Labute approximate surface area is 198 Å². The highest BCUT2D eigenvalue weighted by atomic mass is 32.2. The van der Waals surface area contributed by atoms with Gasteiger partial charge in [-0.2, -0.15) is 4.31 Å². The van der Waals surface area contributed by atoms with Gasteiger partial charge in [-0.15, -0.1) is 0 Å². The molecule has 1 aliphatic heterocycles. The number of aliphatic hydroxyl groups excluding tert-OH is 1. The van der Waals surface area contributed by atoms with Crippen molar-refractivity contribution in [2.24, 2.45) is 0 Å². The largest absolute Gasteiger partial charge is 0.390 e. The van der Waals surface area contributed by atoms with Crippen molar-refractivity contribution < 1.29 is 18.3 Å². The molecule has 1 fully saturated rings. The number of nitrogens with zero attached hydrogens (tertiary/aromatic N) is 3. The minimum Gasteiger partial charge on any atom is -0.390 e. The van der Waals surface area contributed by atoms with Crippen molar-refractivity contribution in [2.75, 3.05) is 25.5 Å². The Kier molecular flexibility index (Phi) is 6.92. The summed E-state index contributed by atoms with van der Waals surface area (Å²) in [4.78, 5) is 20.3. The van der Waals surface area contributed by atoms with Crippen molar-refractivity contribution in [3.8, 4) is 11.1 Å². The number of β-amino-alcohol motifs (C(OH)–C–C–N with tert-alkyl or cyclic N) is 1. The van der Waals surface area contributed by atoms with E-state index in [1.165, 1.54) is 29.7 Å². The maximum atomic E-state index is 13.2. The van der Waals surface area contributed by atoms with Gasteiger partial charge in [-0.05, 0) is 60.4 Å². The van der Waals surface area contributed by atoms with Gasteiger partial charge in [0, 0.05) is 32.5 Å². The summed E-state index contributed by atoms with van der Waals surface area (Å²) in [6.07, 6.45) is 2.86. The van der Waals surface area contributed by atoms with Crippen molar-refractivity contribution in [3.05, 3.63) is 72.2 Å². The number of pyridine rings is 2. The lowest BCUT2D eigenvalue weighted by Gasteiger charge is -2.35. The summed E-state index contributed by atoms with van der Waals surface area (Å²) in [7, 11) is -2.23. The fraction of sp³-hybridized carbons (Fsp3) is 0.292. The molecule has 1 saturated heterocycles. The fourth-order valence-corrected chi connectivity index (χ4v) is 5.34. The van der Waals surface area contributed by atoms with E-state index in [9.17, 15) is 18.3 Å². The second kappa shape index (κ2) is 9.88. The summed E-state index contributed by atoms with van der Waals surface area (Å²) in [5.41, 5.74) is 2.83. The molecule has 0 radical (unpaired) electrons. The highest BCUT2D eigenvalue weighted by Gasteiger charge is 2.34. The number of sulfonamides is 1. The lowest BCUT2D eigenvalue weighted by Crippen LogP contribution is -2.51. The molecule has 0 unspecified atom stereocenters. The zero-order valence-corrected chi connectivity index (χ0v) is 19.8. The van der Waals surface area contributed by atoms with Crippen LogP contribution in [-0.4, -0.2) is 66.0 Å². The van der Waals surface area contributed by atoms with Crippen LogP contribution in [-0.2, 0) is 10.0 Å². The van der Waals surface area contributed by atoms with E-state index in [1.54, 1.807) is 30.5 Å². The number of aryl methyl sites for hydroxylation is 1. The van der Waals surface area contributed by atoms with Crippen LogP contribution in [0.3, 0.4) is 0 Å². The van der Waals surface area contributed by atoms with E-state index in [4.69, 9.17) is 0 Å². The van der Waals surface area contributed by atoms with E-state index >= 15 is 0 Å². The number of carbonyl (C=O) groups excluding carboxylic acids is 1. The van der Waals surface area contributed by atoms with Crippen LogP contribution >= 0.6 is 0 Å². The quantitative estimate of drug-likeness (QED) is 0.492. The maximum Gasteiger partial charge on any atom is 0.269 e. The Morgan fingerprint density at radius 1 is 1.09 bits per heavy atom. The molecule has 0 bridgehead atoms. The van der Waals surface area contributed by atoms with Gasteiger partial charge in [0.25, 0.3) is 5.91 Å². The zero-order chi connectivity index (χ0) is 24.3. The van der Waals surface area contributed by atoms with Crippen molar-refractivity contribution in [1.29, 1.82) is 0 Å². The number of benzene rings is 1. The molecule has 178 valence electrons. The number of carbonyl (C=O) groups is 1. The number of aromatic nitrogens is 2. The second-order valence-electron chi connectivity index (χ2n) is 8.22. The van der Waals surface area contributed by atoms with Crippen molar-refractivity contribution >= 4 is 21.7 Å². The van der Waals surface area contributed by atoms with E-state index in [0.717, 1.165) is 16.7 Å². The molecule has 1 aromatic carbocycles. The Balaban J connectivity index is 1.45. The second-order valence-corrected chi connectivity index (χ2v) is 10.2. The van der Waals surface area contributed by atoms with Gasteiger partial charge in [0.15, 0.2) is 0 Å². The van der Waals surface area contributed by atoms with Crippen molar-refractivity contribution in [2.45, 2.75) is 30.4 Å². The van der Waals surface area contributed by atoms with Gasteiger partial charge in [-0.3, -0.25) is 9.78 Å². The first kappa shape index (κ1) is 23.8. The molecule has 1 amide bonds. The first-order chi connectivity index (χ1) is 16.3. The average Bonchev–Trinajstić information content (AvgIpc) is 2.86. The molecule has 2 atom stereocenters. The zero-order valence-electron chi connectivity index (χ0n) is 19.0. The average molecular weight is 482 g/mol. The number of nitrogens with one attached hydrogen (secondary N) is 2. The van der Waals surface area contributed by atoms with Gasteiger partial charge in [0.2, 0.25) is 10.0 Å². The van der Waals surface area contributed by atoms with E-state index in [2.05, 4.69) is 20.6 Å². The molecule has 0 saturated carbocycles. The molecule has 0 aliphatic carbocycles. The molecule has 4 rings (SSSR count). The Morgan fingerprint density at radius 3 is 2.50 bits per heavy atom. The van der Waals surface area contributed by atoms with Gasteiger partial charge in [0.1, 0.15) is 11.5 Å². The molecule has 10 heteroatoms. The van der Waals surface area contributed by atoms with Crippen LogP contribution in [0.25, 0.3) is 11.1 Å². The summed E-state index contributed by atoms with van der Waals surface area (Å²) in [6.45, 7) is 2.22. The van der Waals surface area contributed by atoms with Crippen LogP contribution in [0.4, 0.5) is 5.82 Å². The SMILES string of the molecule is CNC(=O)c1cc(-c2ccc(S(=O)(=O)N3CC[C@@H](Nc4ccc(C)cn4)[C@@H](O)C3)cc2)ccn1. The summed E-state index contributed by atoms with van der Waals surface area (Å²) >= 11 is 0. The maximum absolute atomic E-state index is 13.2. The summed E-state index contributed by atoms with van der Waals surface area (Å²) in [5.74, 6) is 0.355. The third kappa shape index (κ3) is 5.09. The van der Waals surface area contributed by atoms with E-state index in [1.807, 2.05) is 19.1 Å². The number of piperidine rings is 1. The van der Waals surface area contributed by atoms with Crippen molar-refractivity contribution in [1.82, 2.24) is 19.6 Å². The lowest BCUT2D eigenvalue weighted by molar-refractivity contribution is 0.0948. The predicted molar refractivity (Wildman–Crippen MR) is 129 cm³/mol. The van der Waals surface area contributed by atoms with Crippen LogP contribution in [0, 0.1) is 6.92 Å². The molecule has 3 aromatic rings. The normalized spacial score (nSPS) is 18.9. The molecular weight excluding hydrogens is 454 g/mol. The Bertz CT molecular complexity index is 1260. The summed E-state index contributed by atoms with van der Waals surface area (Å²) < 4.78 is 27.7. The smallest absolute Gasteiger partial charge is 0.269 e.